The summed E-state index contributed by atoms with van der Waals surface area (Å²) in [6.07, 6.45) is 9.73. The number of ether oxygens (including phenoxy) is 1. The minimum Gasteiger partial charge on any atom is -0.481 e. The Morgan fingerprint density at radius 2 is 1.83 bits per heavy atom. The molecule has 0 spiro atoms. The molecule has 0 saturated carbocycles. The van der Waals surface area contributed by atoms with E-state index in [9.17, 15) is 0 Å². The van der Waals surface area contributed by atoms with Gasteiger partial charge >= 0.3 is 0 Å². The molecule has 4 rings (SSSR count). The lowest BCUT2D eigenvalue weighted by atomic mass is 9.95. The van der Waals surface area contributed by atoms with Crippen LogP contribution in [0.25, 0.3) is 11.5 Å². The summed E-state index contributed by atoms with van der Waals surface area (Å²) in [6, 6.07) is 5.78. The summed E-state index contributed by atoms with van der Waals surface area (Å²) in [4.78, 5) is 13.1. The van der Waals surface area contributed by atoms with Crippen molar-refractivity contribution in [1.29, 1.82) is 0 Å². The second-order valence-corrected chi connectivity index (χ2v) is 5.88. The first-order chi connectivity index (χ1) is 11.9. The molecule has 122 valence electrons. The fourth-order valence-corrected chi connectivity index (χ4v) is 3.29. The molecule has 3 heterocycles. The highest BCUT2D eigenvalue weighted by Crippen LogP contribution is 2.30. The Morgan fingerprint density at radius 3 is 2.67 bits per heavy atom. The quantitative estimate of drug-likeness (QED) is 0.739. The SMILES string of the molecule is COc1ncccc1Cn1nc(-c2ncccn2)c2c1CCCC2. The summed E-state index contributed by atoms with van der Waals surface area (Å²) in [5, 5.41) is 4.84. The molecule has 0 aliphatic heterocycles. The fraction of sp³-hybridized carbons (Fsp3) is 0.333. The molecule has 0 N–H and O–H groups in total. The minimum atomic E-state index is 0.645. The van der Waals surface area contributed by atoms with Crippen LogP contribution < -0.4 is 4.74 Å². The van der Waals surface area contributed by atoms with E-state index in [2.05, 4.69) is 19.6 Å². The van der Waals surface area contributed by atoms with Crippen LogP contribution in [0.2, 0.25) is 0 Å². The predicted molar refractivity (Wildman–Crippen MR) is 89.8 cm³/mol. The highest BCUT2D eigenvalue weighted by molar-refractivity contribution is 5.57. The normalized spacial score (nSPS) is 13.5. The number of rotatable bonds is 4. The van der Waals surface area contributed by atoms with Crippen LogP contribution in [0.4, 0.5) is 0 Å². The Hall–Kier alpha value is -2.76. The Bertz CT molecular complexity index is 844. The van der Waals surface area contributed by atoms with Crippen molar-refractivity contribution in [2.75, 3.05) is 7.11 Å². The third-order valence-electron chi connectivity index (χ3n) is 4.40. The lowest BCUT2D eigenvalue weighted by Crippen LogP contribution is -2.11. The van der Waals surface area contributed by atoms with E-state index in [0.717, 1.165) is 24.1 Å². The molecule has 0 unspecified atom stereocenters. The molecule has 24 heavy (non-hydrogen) atoms. The second-order valence-electron chi connectivity index (χ2n) is 5.88. The molecule has 0 bridgehead atoms. The fourth-order valence-electron chi connectivity index (χ4n) is 3.29. The van der Waals surface area contributed by atoms with Gasteiger partial charge in [0.25, 0.3) is 0 Å². The van der Waals surface area contributed by atoms with Gasteiger partial charge in [0, 0.05) is 35.4 Å². The van der Waals surface area contributed by atoms with E-state index in [0.29, 0.717) is 18.2 Å². The number of fused-ring (bicyclic) bond motifs is 1. The second kappa shape index (κ2) is 6.39. The number of nitrogens with zero attached hydrogens (tertiary/aromatic N) is 5. The molecule has 0 radical (unpaired) electrons. The molecule has 1 aliphatic carbocycles. The third-order valence-corrected chi connectivity index (χ3v) is 4.40. The van der Waals surface area contributed by atoms with E-state index in [1.807, 2.05) is 18.2 Å². The van der Waals surface area contributed by atoms with Gasteiger partial charge in [0.05, 0.1) is 13.7 Å². The van der Waals surface area contributed by atoms with Gasteiger partial charge in [-0.2, -0.15) is 5.10 Å². The van der Waals surface area contributed by atoms with Gasteiger partial charge in [0.1, 0.15) is 5.69 Å². The van der Waals surface area contributed by atoms with Crippen molar-refractivity contribution in [3.05, 3.63) is 53.6 Å². The monoisotopic (exact) mass is 321 g/mol. The first kappa shape index (κ1) is 14.8. The van der Waals surface area contributed by atoms with Gasteiger partial charge in [-0.15, -0.1) is 0 Å². The Balaban J connectivity index is 1.77. The van der Waals surface area contributed by atoms with Gasteiger partial charge in [-0.3, -0.25) is 4.68 Å². The summed E-state index contributed by atoms with van der Waals surface area (Å²) in [6.45, 7) is 0.645. The number of pyridine rings is 1. The van der Waals surface area contributed by atoms with Crippen LogP contribution in [0.1, 0.15) is 29.7 Å². The number of aromatic nitrogens is 5. The first-order valence-corrected chi connectivity index (χ1v) is 8.20. The van der Waals surface area contributed by atoms with Gasteiger partial charge in [0.15, 0.2) is 5.82 Å². The van der Waals surface area contributed by atoms with Crippen molar-refractivity contribution in [1.82, 2.24) is 24.7 Å². The molecule has 0 aromatic carbocycles. The maximum Gasteiger partial charge on any atom is 0.218 e. The van der Waals surface area contributed by atoms with Crippen LogP contribution in [0.3, 0.4) is 0 Å². The maximum atomic E-state index is 5.38. The zero-order valence-corrected chi connectivity index (χ0v) is 13.6. The van der Waals surface area contributed by atoms with Crippen LogP contribution in [-0.4, -0.2) is 31.8 Å². The largest absolute Gasteiger partial charge is 0.481 e. The van der Waals surface area contributed by atoms with Crippen molar-refractivity contribution in [2.24, 2.45) is 0 Å². The van der Waals surface area contributed by atoms with Crippen LogP contribution >= 0.6 is 0 Å². The average Bonchev–Trinajstić information content (AvgIpc) is 3.02. The van der Waals surface area contributed by atoms with Crippen molar-refractivity contribution in [3.63, 3.8) is 0 Å². The number of hydrogen-bond donors (Lipinski definition) is 0. The van der Waals surface area contributed by atoms with Crippen molar-refractivity contribution >= 4 is 0 Å². The molecular formula is C18H19N5O. The van der Waals surface area contributed by atoms with Crippen molar-refractivity contribution in [3.8, 4) is 17.4 Å². The molecule has 0 fully saturated rings. The molecule has 6 heteroatoms. The molecule has 0 atom stereocenters. The Kier molecular flexibility index (Phi) is 3.94. The van der Waals surface area contributed by atoms with Crippen molar-refractivity contribution in [2.45, 2.75) is 32.2 Å². The van der Waals surface area contributed by atoms with Crippen LogP contribution in [0, 0.1) is 0 Å². The van der Waals surface area contributed by atoms with Gasteiger partial charge < -0.3 is 4.74 Å². The number of methoxy groups -OCH3 is 1. The molecule has 1 aliphatic rings. The third kappa shape index (κ3) is 2.64. The molecule has 3 aromatic rings. The smallest absolute Gasteiger partial charge is 0.218 e. The van der Waals surface area contributed by atoms with Crippen LogP contribution in [0.15, 0.2) is 36.8 Å². The van der Waals surface area contributed by atoms with Crippen LogP contribution in [-0.2, 0) is 19.4 Å². The molecular weight excluding hydrogens is 302 g/mol. The zero-order chi connectivity index (χ0) is 16.4. The summed E-state index contributed by atoms with van der Waals surface area (Å²) >= 11 is 0. The van der Waals surface area contributed by atoms with E-state index < -0.39 is 0 Å². The van der Waals surface area contributed by atoms with Gasteiger partial charge in [-0.25, -0.2) is 15.0 Å². The predicted octanol–water partition coefficient (Wildman–Crippen LogP) is 2.67. The first-order valence-electron chi connectivity index (χ1n) is 8.20. The van der Waals surface area contributed by atoms with Gasteiger partial charge in [-0.1, -0.05) is 6.07 Å². The molecule has 6 nitrogen and oxygen atoms in total. The van der Waals surface area contributed by atoms with E-state index >= 15 is 0 Å². The topological polar surface area (TPSA) is 65.7 Å². The van der Waals surface area contributed by atoms with E-state index in [1.54, 1.807) is 25.7 Å². The Morgan fingerprint density at radius 1 is 1.04 bits per heavy atom. The average molecular weight is 321 g/mol. The van der Waals surface area contributed by atoms with Crippen molar-refractivity contribution < 1.29 is 4.74 Å². The van der Waals surface area contributed by atoms with Gasteiger partial charge in [0.2, 0.25) is 5.88 Å². The maximum absolute atomic E-state index is 5.38. The minimum absolute atomic E-state index is 0.645. The van der Waals surface area contributed by atoms with E-state index in [-0.39, 0.29) is 0 Å². The zero-order valence-electron chi connectivity index (χ0n) is 13.6. The van der Waals surface area contributed by atoms with Crippen LogP contribution in [0.5, 0.6) is 5.88 Å². The summed E-state index contributed by atoms with van der Waals surface area (Å²) < 4.78 is 7.45. The lowest BCUT2D eigenvalue weighted by molar-refractivity contribution is 0.389. The Labute approximate surface area is 140 Å². The number of hydrogen-bond acceptors (Lipinski definition) is 5. The lowest BCUT2D eigenvalue weighted by Gasteiger charge is -2.15. The molecule has 3 aromatic heterocycles. The summed E-state index contributed by atoms with van der Waals surface area (Å²) in [5.41, 5.74) is 4.51. The molecule has 0 saturated heterocycles. The standard InChI is InChI=1S/C18H19N5O/c1-24-18-13(6-4-9-21-18)12-23-15-8-3-2-7-14(15)16(22-23)17-19-10-5-11-20-17/h4-6,9-11H,2-3,7-8,12H2,1H3. The summed E-state index contributed by atoms with van der Waals surface area (Å²) in [5.74, 6) is 1.35. The van der Waals surface area contributed by atoms with E-state index in [1.165, 1.54) is 24.1 Å². The summed E-state index contributed by atoms with van der Waals surface area (Å²) in [7, 11) is 1.65. The molecule has 0 amide bonds. The highest BCUT2D eigenvalue weighted by atomic mass is 16.5. The van der Waals surface area contributed by atoms with Gasteiger partial charge in [-0.05, 0) is 37.8 Å². The van der Waals surface area contributed by atoms with E-state index in [4.69, 9.17) is 9.84 Å². The highest BCUT2D eigenvalue weighted by Gasteiger charge is 2.23.